The number of para-hydroxylation sites is 1. The molecule has 0 radical (unpaired) electrons. The van der Waals surface area contributed by atoms with Crippen molar-refractivity contribution in [2.45, 2.75) is 50.9 Å². The van der Waals surface area contributed by atoms with Gasteiger partial charge in [0.2, 0.25) is 0 Å². The molecule has 0 amide bonds. The quantitative estimate of drug-likeness (QED) is 0.805. The van der Waals surface area contributed by atoms with E-state index in [1.165, 1.54) is 18.9 Å². The summed E-state index contributed by atoms with van der Waals surface area (Å²) >= 11 is 0. The Hall–Kier alpha value is -1.23. The largest absolute Gasteiger partial charge is 0.573 e. The molecule has 1 aliphatic rings. The number of alkyl halides is 3. The third kappa shape index (κ3) is 4.63. The van der Waals surface area contributed by atoms with Gasteiger partial charge in [-0.3, -0.25) is 0 Å². The molecule has 2 rings (SSSR count). The van der Waals surface area contributed by atoms with Gasteiger partial charge < -0.3 is 10.1 Å². The molecule has 1 saturated carbocycles. The van der Waals surface area contributed by atoms with E-state index < -0.39 is 6.36 Å². The minimum atomic E-state index is -4.65. The molecule has 1 aromatic carbocycles. The summed E-state index contributed by atoms with van der Waals surface area (Å²) in [6.45, 7) is 0. The Morgan fingerprint density at radius 3 is 2.29 bits per heavy atom. The summed E-state index contributed by atoms with van der Waals surface area (Å²) in [5.74, 6) is 0.268. The van der Waals surface area contributed by atoms with Gasteiger partial charge in [0.15, 0.2) is 0 Å². The highest BCUT2D eigenvalue weighted by Crippen LogP contribution is 2.38. The molecule has 1 unspecified atom stereocenters. The van der Waals surface area contributed by atoms with Crippen molar-refractivity contribution in [3.63, 3.8) is 0 Å². The summed E-state index contributed by atoms with van der Waals surface area (Å²) in [5, 5.41) is 3.19. The van der Waals surface area contributed by atoms with E-state index in [-0.39, 0.29) is 11.8 Å². The second-order valence-corrected chi connectivity index (χ2v) is 5.60. The van der Waals surface area contributed by atoms with Crippen LogP contribution < -0.4 is 10.1 Å². The van der Waals surface area contributed by atoms with Gasteiger partial charge in [0.1, 0.15) is 5.75 Å². The van der Waals surface area contributed by atoms with Crippen LogP contribution in [0.2, 0.25) is 0 Å². The first-order valence-electron chi connectivity index (χ1n) is 7.53. The van der Waals surface area contributed by atoms with Gasteiger partial charge in [-0.2, -0.15) is 0 Å². The van der Waals surface area contributed by atoms with E-state index >= 15 is 0 Å². The highest BCUT2D eigenvalue weighted by atomic mass is 19.4. The first kappa shape index (κ1) is 16.1. The van der Waals surface area contributed by atoms with Gasteiger partial charge in [0, 0.05) is 11.6 Å². The molecule has 1 aliphatic carbocycles. The molecular formula is C16H22F3NO. The molecule has 1 N–H and O–H groups in total. The van der Waals surface area contributed by atoms with Crippen LogP contribution in [-0.2, 0) is 0 Å². The van der Waals surface area contributed by atoms with E-state index in [1.54, 1.807) is 25.2 Å². The smallest absolute Gasteiger partial charge is 0.405 e. The molecular weight excluding hydrogens is 279 g/mol. The second-order valence-electron chi connectivity index (χ2n) is 5.60. The van der Waals surface area contributed by atoms with E-state index in [9.17, 15) is 13.2 Å². The third-order valence-corrected chi connectivity index (χ3v) is 4.16. The molecule has 0 saturated heterocycles. The van der Waals surface area contributed by atoms with Gasteiger partial charge in [-0.1, -0.05) is 43.9 Å². The number of nitrogens with one attached hydrogen (secondary N) is 1. The first-order valence-corrected chi connectivity index (χ1v) is 7.53. The van der Waals surface area contributed by atoms with Crippen LogP contribution in [0.1, 0.15) is 50.1 Å². The van der Waals surface area contributed by atoms with Crippen LogP contribution >= 0.6 is 0 Å². The molecule has 1 aromatic rings. The topological polar surface area (TPSA) is 21.3 Å². The predicted octanol–water partition coefficient (Wildman–Crippen LogP) is 4.82. The Kier molecular flexibility index (Phi) is 5.51. The van der Waals surface area contributed by atoms with Crippen LogP contribution in [0, 0.1) is 5.92 Å². The fraction of sp³-hybridized carbons (Fsp3) is 0.625. The maximum Gasteiger partial charge on any atom is 0.573 e. The summed E-state index contributed by atoms with van der Waals surface area (Å²) in [6.07, 6.45) is 2.16. The van der Waals surface area contributed by atoms with Crippen LogP contribution in [0.15, 0.2) is 24.3 Å². The van der Waals surface area contributed by atoms with E-state index in [1.807, 2.05) is 0 Å². The minimum absolute atomic E-state index is 0.0893. The Balaban J connectivity index is 2.24. The number of halogens is 3. The van der Waals surface area contributed by atoms with Crippen molar-refractivity contribution in [1.29, 1.82) is 0 Å². The van der Waals surface area contributed by atoms with Crippen molar-refractivity contribution in [3.05, 3.63) is 29.8 Å². The molecule has 0 spiro atoms. The molecule has 0 aliphatic heterocycles. The van der Waals surface area contributed by atoms with Crippen molar-refractivity contribution < 1.29 is 17.9 Å². The van der Waals surface area contributed by atoms with Crippen LogP contribution in [0.25, 0.3) is 0 Å². The fourth-order valence-corrected chi connectivity index (χ4v) is 3.24. The summed E-state index contributed by atoms with van der Waals surface area (Å²) in [4.78, 5) is 0. The third-order valence-electron chi connectivity index (χ3n) is 4.16. The number of rotatable bonds is 4. The van der Waals surface area contributed by atoms with Crippen molar-refractivity contribution in [2.75, 3.05) is 7.05 Å². The lowest BCUT2D eigenvalue weighted by molar-refractivity contribution is -0.275. The average molecular weight is 301 g/mol. The van der Waals surface area contributed by atoms with Crippen molar-refractivity contribution in [3.8, 4) is 5.75 Å². The summed E-state index contributed by atoms with van der Waals surface area (Å²) in [5.41, 5.74) is 0.601. The zero-order chi connectivity index (χ0) is 15.3. The molecule has 0 heterocycles. The first-order chi connectivity index (χ1) is 10.0. The second kappa shape index (κ2) is 7.16. The molecule has 118 valence electrons. The lowest BCUT2D eigenvalue weighted by atomic mass is 9.87. The van der Waals surface area contributed by atoms with Gasteiger partial charge >= 0.3 is 6.36 Å². The molecule has 5 heteroatoms. The highest BCUT2D eigenvalue weighted by Gasteiger charge is 2.34. The molecule has 1 fully saturated rings. The number of ether oxygens (including phenoxy) is 1. The monoisotopic (exact) mass is 301 g/mol. The van der Waals surface area contributed by atoms with Crippen LogP contribution in [0.4, 0.5) is 13.2 Å². The van der Waals surface area contributed by atoms with Gasteiger partial charge in [-0.05, 0) is 31.9 Å². The average Bonchev–Trinajstić information content (AvgIpc) is 2.69. The molecule has 0 aromatic heterocycles. The Morgan fingerprint density at radius 2 is 1.71 bits per heavy atom. The molecule has 1 atom stereocenters. The Morgan fingerprint density at radius 1 is 1.10 bits per heavy atom. The maximum atomic E-state index is 12.6. The van der Waals surface area contributed by atoms with Gasteiger partial charge in [-0.15, -0.1) is 13.2 Å². The van der Waals surface area contributed by atoms with Crippen molar-refractivity contribution in [1.82, 2.24) is 5.32 Å². The van der Waals surface area contributed by atoms with Gasteiger partial charge in [0.25, 0.3) is 0 Å². The zero-order valence-corrected chi connectivity index (χ0v) is 12.2. The number of benzene rings is 1. The molecule has 2 nitrogen and oxygen atoms in total. The minimum Gasteiger partial charge on any atom is -0.405 e. The van der Waals surface area contributed by atoms with E-state index in [2.05, 4.69) is 10.1 Å². The standard InChI is InChI=1S/C16H22F3NO/c1-20-15(12-8-4-2-3-5-9-12)13-10-6-7-11-14(13)21-16(17,18)19/h6-7,10-12,15,20H,2-5,8-9H2,1H3. The zero-order valence-electron chi connectivity index (χ0n) is 12.2. The Labute approximate surface area is 123 Å². The lowest BCUT2D eigenvalue weighted by Crippen LogP contribution is -2.27. The molecule has 0 bridgehead atoms. The predicted molar refractivity (Wildman–Crippen MR) is 76.1 cm³/mol. The van der Waals surface area contributed by atoms with Crippen molar-refractivity contribution in [2.24, 2.45) is 5.92 Å². The van der Waals surface area contributed by atoms with Crippen LogP contribution in [0.5, 0.6) is 5.75 Å². The maximum absolute atomic E-state index is 12.6. The van der Waals surface area contributed by atoms with E-state index in [0.717, 1.165) is 25.7 Å². The lowest BCUT2D eigenvalue weighted by Gasteiger charge is -2.28. The van der Waals surface area contributed by atoms with E-state index in [4.69, 9.17) is 0 Å². The fourth-order valence-electron chi connectivity index (χ4n) is 3.24. The molecule has 21 heavy (non-hydrogen) atoms. The highest BCUT2D eigenvalue weighted by molar-refractivity contribution is 5.36. The SMILES string of the molecule is CNC(c1ccccc1OC(F)(F)F)C1CCCCCC1. The van der Waals surface area contributed by atoms with E-state index in [0.29, 0.717) is 11.5 Å². The summed E-state index contributed by atoms with van der Waals surface area (Å²) in [7, 11) is 1.81. The normalized spacial score (nSPS) is 19.0. The van der Waals surface area contributed by atoms with Gasteiger partial charge in [-0.25, -0.2) is 0 Å². The number of hydrogen-bond donors (Lipinski definition) is 1. The van der Waals surface area contributed by atoms with Crippen LogP contribution in [0.3, 0.4) is 0 Å². The Bertz CT molecular complexity index is 439. The van der Waals surface area contributed by atoms with Crippen molar-refractivity contribution >= 4 is 0 Å². The number of hydrogen-bond acceptors (Lipinski definition) is 2. The summed E-state index contributed by atoms with van der Waals surface area (Å²) < 4.78 is 41.9. The van der Waals surface area contributed by atoms with Crippen LogP contribution in [-0.4, -0.2) is 13.4 Å². The van der Waals surface area contributed by atoms with Gasteiger partial charge in [0.05, 0.1) is 0 Å². The summed E-state index contributed by atoms with van der Waals surface area (Å²) in [6, 6.07) is 6.36.